The Bertz CT molecular complexity index is 976. The minimum atomic E-state index is -3.79. The van der Waals surface area contributed by atoms with E-state index < -0.39 is 16.0 Å². The SMILES string of the molecule is CCOC(=O)c1c(C)c(S(=O)(=O)NC2CCCc3ccccc32)c(C)n1C. The first-order valence-electron chi connectivity index (χ1n) is 9.21. The third-order valence-corrected chi connectivity index (χ3v) is 7.00. The predicted molar refractivity (Wildman–Crippen MR) is 103 cm³/mol. The lowest BCUT2D eigenvalue weighted by Crippen LogP contribution is -2.31. The van der Waals surface area contributed by atoms with E-state index >= 15 is 0 Å². The number of benzene rings is 1. The molecule has 6 nitrogen and oxygen atoms in total. The Balaban J connectivity index is 2.00. The summed E-state index contributed by atoms with van der Waals surface area (Å²) in [4.78, 5) is 12.4. The van der Waals surface area contributed by atoms with Gasteiger partial charge in [0.2, 0.25) is 10.0 Å². The molecule has 1 aromatic carbocycles. The fourth-order valence-corrected chi connectivity index (χ4v) is 5.72. The number of fused-ring (bicyclic) bond motifs is 1. The molecular formula is C20H26N2O4S. The van der Waals surface area contributed by atoms with Crippen molar-refractivity contribution in [3.8, 4) is 0 Å². The Labute approximate surface area is 160 Å². The van der Waals surface area contributed by atoms with Crippen LogP contribution in [0.1, 0.15) is 58.7 Å². The van der Waals surface area contributed by atoms with Gasteiger partial charge in [-0.15, -0.1) is 0 Å². The fourth-order valence-electron chi connectivity index (χ4n) is 3.96. The molecule has 1 heterocycles. The van der Waals surface area contributed by atoms with Crippen LogP contribution in [0, 0.1) is 13.8 Å². The standard InChI is InChI=1S/C20H26N2O4S/c1-5-26-20(23)18-13(2)19(14(3)22(18)4)27(24,25)21-17-12-8-10-15-9-6-7-11-16(15)17/h6-7,9,11,17,21H,5,8,10,12H2,1-4H3. The summed E-state index contributed by atoms with van der Waals surface area (Å²) in [6.45, 7) is 5.33. The molecule has 1 aliphatic rings. The van der Waals surface area contributed by atoms with Gasteiger partial charge < -0.3 is 9.30 Å². The topological polar surface area (TPSA) is 77.4 Å². The number of carbonyl (C=O) groups excluding carboxylic acids is 1. The lowest BCUT2D eigenvalue weighted by molar-refractivity contribution is 0.0514. The summed E-state index contributed by atoms with van der Waals surface area (Å²) in [6, 6.07) is 7.69. The molecular weight excluding hydrogens is 364 g/mol. The van der Waals surface area contributed by atoms with E-state index in [-0.39, 0.29) is 23.2 Å². The van der Waals surface area contributed by atoms with E-state index in [1.165, 1.54) is 5.56 Å². The Hall–Kier alpha value is -2.12. The van der Waals surface area contributed by atoms with E-state index in [0.29, 0.717) is 11.3 Å². The quantitative estimate of drug-likeness (QED) is 0.796. The summed E-state index contributed by atoms with van der Waals surface area (Å²) < 4.78 is 36.0. The van der Waals surface area contributed by atoms with Crippen LogP contribution in [0.5, 0.6) is 0 Å². The zero-order valence-electron chi connectivity index (χ0n) is 16.2. The smallest absolute Gasteiger partial charge is 0.355 e. The van der Waals surface area contributed by atoms with Gasteiger partial charge in [0.1, 0.15) is 10.6 Å². The van der Waals surface area contributed by atoms with Gasteiger partial charge in [-0.05, 0) is 51.2 Å². The molecule has 0 aliphatic heterocycles. The average Bonchev–Trinajstić information content (AvgIpc) is 2.85. The molecule has 2 aromatic rings. The molecule has 0 fully saturated rings. The fraction of sp³-hybridized carbons (Fsp3) is 0.450. The van der Waals surface area contributed by atoms with Crippen LogP contribution in [0.4, 0.5) is 0 Å². The highest BCUT2D eigenvalue weighted by Crippen LogP contribution is 2.33. The van der Waals surface area contributed by atoms with Crippen molar-refractivity contribution < 1.29 is 17.9 Å². The van der Waals surface area contributed by atoms with Crippen LogP contribution < -0.4 is 4.72 Å². The van der Waals surface area contributed by atoms with Crippen LogP contribution in [-0.2, 0) is 28.2 Å². The van der Waals surface area contributed by atoms with Crippen molar-refractivity contribution in [2.75, 3.05) is 6.61 Å². The maximum Gasteiger partial charge on any atom is 0.355 e. The Kier molecular flexibility index (Phi) is 5.44. The maximum absolute atomic E-state index is 13.2. The van der Waals surface area contributed by atoms with E-state index in [2.05, 4.69) is 4.72 Å². The number of rotatable bonds is 5. The number of aromatic nitrogens is 1. The highest BCUT2D eigenvalue weighted by molar-refractivity contribution is 7.89. The normalized spacial score (nSPS) is 16.8. The molecule has 7 heteroatoms. The van der Waals surface area contributed by atoms with E-state index in [1.807, 2.05) is 24.3 Å². The first kappa shape index (κ1) is 19.6. The van der Waals surface area contributed by atoms with Gasteiger partial charge in [-0.3, -0.25) is 0 Å². The number of carbonyl (C=O) groups is 1. The van der Waals surface area contributed by atoms with Crippen molar-refractivity contribution in [2.24, 2.45) is 7.05 Å². The summed E-state index contributed by atoms with van der Waals surface area (Å²) in [5, 5.41) is 0. The predicted octanol–water partition coefficient (Wildman–Crippen LogP) is 3.17. The molecule has 0 saturated carbocycles. The van der Waals surface area contributed by atoms with Crippen LogP contribution in [0.2, 0.25) is 0 Å². The number of esters is 1. The van der Waals surface area contributed by atoms with Gasteiger partial charge in [0.25, 0.3) is 0 Å². The number of nitrogens with one attached hydrogen (secondary N) is 1. The van der Waals surface area contributed by atoms with Crippen molar-refractivity contribution in [3.05, 3.63) is 52.3 Å². The number of hydrogen-bond donors (Lipinski definition) is 1. The summed E-state index contributed by atoms with van der Waals surface area (Å²) in [5.74, 6) is -0.509. The van der Waals surface area contributed by atoms with E-state index in [1.54, 1.807) is 32.4 Å². The number of sulfonamides is 1. The van der Waals surface area contributed by atoms with E-state index in [0.717, 1.165) is 24.8 Å². The first-order chi connectivity index (χ1) is 12.8. The summed E-state index contributed by atoms with van der Waals surface area (Å²) in [7, 11) is -2.11. The Morgan fingerprint density at radius 1 is 1.30 bits per heavy atom. The molecule has 1 atom stereocenters. The molecule has 27 heavy (non-hydrogen) atoms. The summed E-state index contributed by atoms with van der Waals surface area (Å²) in [6.07, 6.45) is 2.65. The molecule has 1 N–H and O–H groups in total. The molecule has 1 unspecified atom stereocenters. The molecule has 1 aromatic heterocycles. The van der Waals surface area contributed by atoms with Crippen LogP contribution in [0.15, 0.2) is 29.2 Å². The molecule has 0 saturated heterocycles. The zero-order chi connectivity index (χ0) is 19.8. The summed E-state index contributed by atoms with van der Waals surface area (Å²) >= 11 is 0. The first-order valence-corrected chi connectivity index (χ1v) is 10.7. The molecule has 1 aliphatic carbocycles. The van der Waals surface area contributed by atoms with Gasteiger partial charge in [-0.1, -0.05) is 24.3 Å². The third kappa shape index (κ3) is 3.53. The summed E-state index contributed by atoms with van der Waals surface area (Å²) in [5.41, 5.74) is 3.44. The zero-order valence-corrected chi connectivity index (χ0v) is 17.0. The van der Waals surface area contributed by atoms with Crippen LogP contribution in [0.3, 0.4) is 0 Å². The van der Waals surface area contributed by atoms with Gasteiger partial charge in [-0.2, -0.15) is 0 Å². The second-order valence-corrected chi connectivity index (χ2v) is 8.58. The number of hydrogen-bond acceptors (Lipinski definition) is 4. The van der Waals surface area contributed by atoms with Crippen LogP contribution in [0.25, 0.3) is 0 Å². The maximum atomic E-state index is 13.2. The number of nitrogens with zero attached hydrogens (tertiary/aromatic N) is 1. The second-order valence-electron chi connectivity index (χ2n) is 6.93. The van der Waals surface area contributed by atoms with Gasteiger partial charge in [0, 0.05) is 24.3 Å². The van der Waals surface area contributed by atoms with Crippen LogP contribution in [-0.4, -0.2) is 25.6 Å². The Morgan fingerprint density at radius 3 is 2.70 bits per heavy atom. The van der Waals surface area contributed by atoms with Gasteiger partial charge in [0.15, 0.2) is 0 Å². The minimum Gasteiger partial charge on any atom is -0.461 e. The minimum absolute atomic E-state index is 0.163. The van der Waals surface area contributed by atoms with Crippen molar-refractivity contribution in [2.45, 2.75) is 51.0 Å². The van der Waals surface area contributed by atoms with Crippen molar-refractivity contribution in [1.29, 1.82) is 0 Å². The molecule has 0 amide bonds. The monoisotopic (exact) mass is 390 g/mol. The Morgan fingerprint density at radius 2 is 2.00 bits per heavy atom. The van der Waals surface area contributed by atoms with Gasteiger partial charge >= 0.3 is 5.97 Å². The molecule has 0 spiro atoms. The molecule has 0 radical (unpaired) electrons. The van der Waals surface area contributed by atoms with Crippen molar-refractivity contribution >= 4 is 16.0 Å². The molecule has 0 bridgehead atoms. The highest BCUT2D eigenvalue weighted by Gasteiger charge is 2.32. The average molecular weight is 391 g/mol. The van der Waals surface area contributed by atoms with Crippen LogP contribution >= 0.6 is 0 Å². The molecule has 3 rings (SSSR count). The third-order valence-electron chi connectivity index (χ3n) is 5.27. The second kappa shape index (κ2) is 7.48. The number of aryl methyl sites for hydroxylation is 1. The lowest BCUT2D eigenvalue weighted by Gasteiger charge is -2.26. The van der Waals surface area contributed by atoms with E-state index in [4.69, 9.17) is 4.74 Å². The largest absolute Gasteiger partial charge is 0.461 e. The number of ether oxygens (including phenoxy) is 1. The lowest BCUT2D eigenvalue weighted by atomic mass is 9.88. The van der Waals surface area contributed by atoms with Crippen molar-refractivity contribution in [3.63, 3.8) is 0 Å². The van der Waals surface area contributed by atoms with Crippen molar-refractivity contribution in [1.82, 2.24) is 9.29 Å². The van der Waals surface area contributed by atoms with E-state index in [9.17, 15) is 13.2 Å². The van der Waals surface area contributed by atoms with Gasteiger partial charge in [0.05, 0.1) is 6.61 Å². The molecule has 146 valence electrons. The highest BCUT2D eigenvalue weighted by atomic mass is 32.2. The van der Waals surface area contributed by atoms with Gasteiger partial charge in [-0.25, -0.2) is 17.9 Å².